The Hall–Kier alpha value is -3.63. The lowest BCUT2D eigenvalue weighted by Gasteiger charge is -2.09. The zero-order valence-corrected chi connectivity index (χ0v) is 16.0. The average molecular weight is 399 g/mol. The zero-order chi connectivity index (χ0) is 19.8. The van der Waals surface area contributed by atoms with Crippen molar-refractivity contribution in [3.63, 3.8) is 0 Å². The van der Waals surface area contributed by atoms with E-state index in [4.69, 9.17) is 16.3 Å². The van der Waals surface area contributed by atoms with Gasteiger partial charge in [-0.15, -0.1) is 0 Å². The van der Waals surface area contributed by atoms with Gasteiger partial charge in [-0.05, 0) is 41.8 Å². The molecule has 0 atom stereocenters. The smallest absolute Gasteiger partial charge is 0.275 e. The molecule has 5 heteroatoms. The normalized spacial score (nSPS) is 14.1. The van der Waals surface area contributed by atoms with Crippen LogP contribution in [0.2, 0.25) is 5.02 Å². The minimum atomic E-state index is -0.260. The van der Waals surface area contributed by atoms with Crippen molar-refractivity contribution in [3.8, 4) is 11.5 Å². The standard InChI is InChI=1S/C24H15ClN2O2/c25-20-9-4-8-19-22(20)27-24(28)23(19)26-16-11-13-17(14-12-16)29-21-10-3-6-15-5-1-2-7-18(15)21/h1-14H,(H,26,27,28). The van der Waals surface area contributed by atoms with Crippen molar-refractivity contribution < 1.29 is 9.53 Å². The molecule has 5 rings (SSSR count). The number of carbonyl (C=O) groups is 1. The first-order valence-electron chi connectivity index (χ1n) is 9.14. The SMILES string of the molecule is O=C1Nc2c(Cl)cccc2C1=Nc1ccc(Oc2cccc3ccccc23)cc1. The van der Waals surface area contributed by atoms with Crippen molar-refractivity contribution in [1.29, 1.82) is 0 Å². The maximum absolute atomic E-state index is 12.3. The minimum Gasteiger partial charge on any atom is -0.457 e. The molecule has 0 fully saturated rings. The maximum atomic E-state index is 12.3. The number of halogens is 1. The maximum Gasteiger partial charge on any atom is 0.275 e. The van der Waals surface area contributed by atoms with Gasteiger partial charge in [0.1, 0.15) is 17.2 Å². The monoisotopic (exact) mass is 398 g/mol. The van der Waals surface area contributed by atoms with Crippen LogP contribution in [0.1, 0.15) is 5.56 Å². The number of amides is 1. The lowest BCUT2D eigenvalue weighted by Crippen LogP contribution is -2.13. The number of para-hydroxylation sites is 1. The Morgan fingerprint density at radius 1 is 0.828 bits per heavy atom. The van der Waals surface area contributed by atoms with Crippen molar-refractivity contribution >= 4 is 45.4 Å². The van der Waals surface area contributed by atoms with Gasteiger partial charge in [-0.1, -0.05) is 60.1 Å². The van der Waals surface area contributed by atoms with E-state index in [0.29, 0.717) is 33.4 Å². The van der Waals surface area contributed by atoms with Crippen molar-refractivity contribution in [2.75, 3.05) is 5.32 Å². The van der Waals surface area contributed by atoms with Crippen LogP contribution in [0.3, 0.4) is 0 Å². The van der Waals surface area contributed by atoms with Crippen LogP contribution in [0.5, 0.6) is 11.5 Å². The fourth-order valence-corrected chi connectivity index (χ4v) is 3.61. The number of benzene rings is 4. The summed E-state index contributed by atoms with van der Waals surface area (Å²) in [5.74, 6) is 1.23. The number of nitrogens with one attached hydrogen (secondary N) is 1. The molecule has 140 valence electrons. The van der Waals surface area contributed by atoms with Gasteiger partial charge in [-0.2, -0.15) is 0 Å². The number of hydrogen-bond acceptors (Lipinski definition) is 3. The lowest BCUT2D eigenvalue weighted by molar-refractivity contribution is -0.110. The van der Waals surface area contributed by atoms with Gasteiger partial charge in [0.15, 0.2) is 0 Å². The minimum absolute atomic E-state index is 0.260. The van der Waals surface area contributed by atoms with Crippen molar-refractivity contribution in [1.82, 2.24) is 0 Å². The molecular formula is C24H15ClN2O2. The van der Waals surface area contributed by atoms with Gasteiger partial charge in [0.2, 0.25) is 0 Å². The van der Waals surface area contributed by atoms with E-state index in [1.165, 1.54) is 0 Å². The average Bonchev–Trinajstić information content (AvgIpc) is 3.06. The number of rotatable bonds is 3. The zero-order valence-electron chi connectivity index (χ0n) is 15.2. The quantitative estimate of drug-likeness (QED) is 0.436. The number of ether oxygens (including phenoxy) is 1. The summed E-state index contributed by atoms with van der Waals surface area (Å²) in [7, 11) is 0. The van der Waals surface area contributed by atoms with Gasteiger partial charge in [0.25, 0.3) is 5.91 Å². The molecule has 4 aromatic rings. The van der Waals surface area contributed by atoms with Crippen LogP contribution in [-0.4, -0.2) is 11.6 Å². The molecule has 0 aromatic heterocycles. The second-order valence-electron chi connectivity index (χ2n) is 6.65. The molecule has 0 bridgehead atoms. The fraction of sp³-hybridized carbons (Fsp3) is 0. The topological polar surface area (TPSA) is 50.7 Å². The highest BCUT2D eigenvalue weighted by Gasteiger charge is 2.27. The van der Waals surface area contributed by atoms with Gasteiger partial charge in [0, 0.05) is 10.9 Å². The summed E-state index contributed by atoms with van der Waals surface area (Å²) in [4.78, 5) is 16.8. The first-order chi connectivity index (χ1) is 14.2. The summed E-state index contributed by atoms with van der Waals surface area (Å²) in [6, 6.07) is 26.8. The number of aliphatic imine (C=N–C) groups is 1. The van der Waals surface area contributed by atoms with Crippen LogP contribution in [0, 0.1) is 0 Å². The highest BCUT2D eigenvalue weighted by Crippen LogP contribution is 2.33. The molecule has 4 nitrogen and oxygen atoms in total. The molecule has 4 aromatic carbocycles. The molecule has 1 aliphatic rings. The number of hydrogen-bond donors (Lipinski definition) is 1. The Balaban J connectivity index is 1.44. The Labute approximate surface area is 172 Å². The number of anilines is 1. The van der Waals surface area contributed by atoms with Gasteiger partial charge < -0.3 is 10.1 Å². The third-order valence-corrected chi connectivity index (χ3v) is 5.09. The number of carbonyl (C=O) groups excluding carboxylic acids is 1. The van der Waals surface area contributed by atoms with E-state index < -0.39 is 0 Å². The molecule has 29 heavy (non-hydrogen) atoms. The van der Waals surface area contributed by atoms with Crippen LogP contribution < -0.4 is 10.1 Å². The van der Waals surface area contributed by atoms with E-state index in [1.807, 2.05) is 60.7 Å². The summed E-state index contributed by atoms with van der Waals surface area (Å²) in [5.41, 5.74) is 2.32. The van der Waals surface area contributed by atoms with E-state index in [0.717, 1.165) is 16.5 Å². The number of fused-ring (bicyclic) bond motifs is 2. The van der Waals surface area contributed by atoms with Crippen molar-refractivity contribution in [2.45, 2.75) is 0 Å². The van der Waals surface area contributed by atoms with Crippen molar-refractivity contribution in [2.24, 2.45) is 4.99 Å². The van der Waals surface area contributed by atoms with Crippen LogP contribution in [0.15, 0.2) is 89.9 Å². The van der Waals surface area contributed by atoms with Crippen molar-refractivity contribution in [3.05, 3.63) is 95.5 Å². The molecular weight excluding hydrogens is 384 g/mol. The molecule has 0 saturated heterocycles. The second-order valence-corrected chi connectivity index (χ2v) is 7.06. The molecule has 0 aliphatic carbocycles. The molecule has 0 spiro atoms. The molecule has 0 radical (unpaired) electrons. The van der Waals surface area contributed by atoms with Crippen LogP contribution >= 0.6 is 11.6 Å². The molecule has 1 aliphatic heterocycles. The first kappa shape index (κ1) is 17.5. The summed E-state index contributed by atoms with van der Waals surface area (Å²) < 4.78 is 6.06. The Morgan fingerprint density at radius 2 is 1.59 bits per heavy atom. The highest BCUT2D eigenvalue weighted by molar-refractivity contribution is 6.55. The summed E-state index contributed by atoms with van der Waals surface area (Å²) >= 11 is 6.16. The molecule has 1 amide bonds. The molecule has 1 heterocycles. The third kappa shape index (κ3) is 3.24. The molecule has 0 saturated carbocycles. The third-order valence-electron chi connectivity index (χ3n) is 4.78. The predicted molar refractivity (Wildman–Crippen MR) is 117 cm³/mol. The van der Waals surface area contributed by atoms with E-state index >= 15 is 0 Å². The highest BCUT2D eigenvalue weighted by atomic mass is 35.5. The van der Waals surface area contributed by atoms with Gasteiger partial charge in [-0.25, -0.2) is 4.99 Å². The number of nitrogens with zero attached hydrogens (tertiary/aromatic N) is 1. The summed E-state index contributed by atoms with van der Waals surface area (Å²) in [6.45, 7) is 0. The predicted octanol–water partition coefficient (Wildman–Crippen LogP) is 6.36. The fourth-order valence-electron chi connectivity index (χ4n) is 3.38. The van der Waals surface area contributed by atoms with E-state index in [-0.39, 0.29) is 5.91 Å². The van der Waals surface area contributed by atoms with Crippen LogP contribution in [-0.2, 0) is 4.79 Å². The summed E-state index contributed by atoms with van der Waals surface area (Å²) in [5, 5.41) is 5.44. The van der Waals surface area contributed by atoms with Crippen LogP contribution in [0.4, 0.5) is 11.4 Å². The second kappa shape index (κ2) is 7.08. The largest absolute Gasteiger partial charge is 0.457 e. The first-order valence-corrected chi connectivity index (χ1v) is 9.51. The summed E-state index contributed by atoms with van der Waals surface area (Å²) in [6.07, 6.45) is 0. The Bertz CT molecular complexity index is 1270. The molecule has 1 N–H and O–H groups in total. The van der Waals surface area contributed by atoms with Gasteiger partial charge in [-0.3, -0.25) is 4.79 Å². The van der Waals surface area contributed by atoms with E-state index in [9.17, 15) is 4.79 Å². The Morgan fingerprint density at radius 3 is 2.45 bits per heavy atom. The van der Waals surface area contributed by atoms with E-state index in [1.54, 1.807) is 12.1 Å². The lowest BCUT2D eigenvalue weighted by atomic mass is 10.1. The molecule has 0 unspecified atom stereocenters. The van der Waals surface area contributed by atoms with Gasteiger partial charge >= 0.3 is 0 Å². The van der Waals surface area contributed by atoms with Gasteiger partial charge in [0.05, 0.1) is 16.4 Å². The van der Waals surface area contributed by atoms with Crippen LogP contribution in [0.25, 0.3) is 10.8 Å². The van der Waals surface area contributed by atoms with E-state index in [2.05, 4.69) is 22.4 Å². The Kier molecular flexibility index (Phi) is 4.26.